The number of aliphatic hydroxyl groups excluding tert-OH is 1. The van der Waals surface area contributed by atoms with Crippen molar-refractivity contribution >= 4 is 17.8 Å². The van der Waals surface area contributed by atoms with E-state index in [1.165, 1.54) is 6.42 Å². The molecule has 0 radical (unpaired) electrons. The highest BCUT2D eigenvalue weighted by Gasteiger charge is 2.57. The smallest absolute Gasteiger partial charge is 0.310 e. The number of hydrogen-bond acceptors (Lipinski definition) is 5. The fraction of sp³-hybridized carbons (Fsp3) is 0.792. The summed E-state index contributed by atoms with van der Waals surface area (Å²) in [5.74, 6) is -2.12. The average molecular weight is 435 g/mol. The number of rotatable bonds is 9. The van der Waals surface area contributed by atoms with Gasteiger partial charge in [-0.15, -0.1) is 0 Å². The van der Waals surface area contributed by atoms with Crippen LogP contribution in [0.1, 0.15) is 65.2 Å². The highest BCUT2D eigenvalue weighted by atomic mass is 16.5. The number of amides is 2. The first-order valence-electron chi connectivity index (χ1n) is 12.1. The monoisotopic (exact) mass is 434 g/mol. The summed E-state index contributed by atoms with van der Waals surface area (Å²) < 4.78 is 5.30. The Labute approximate surface area is 185 Å². The zero-order valence-electron chi connectivity index (χ0n) is 18.9. The van der Waals surface area contributed by atoms with Gasteiger partial charge in [0.15, 0.2) is 0 Å². The minimum Gasteiger partial charge on any atom is -0.466 e. The Morgan fingerprint density at radius 3 is 2.58 bits per heavy atom. The van der Waals surface area contributed by atoms with Gasteiger partial charge >= 0.3 is 5.97 Å². The molecule has 5 atom stereocenters. The number of unbranched alkanes of at least 4 members (excludes halogenated alkanes) is 2. The van der Waals surface area contributed by atoms with Crippen LogP contribution in [0.4, 0.5) is 0 Å². The van der Waals surface area contributed by atoms with Crippen molar-refractivity contribution in [2.24, 2.45) is 23.7 Å². The van der Waals surface area contributed by atoms with Crippen LogP contribution >= 0.6 is 0 Å². The molecule has 7 nitrogen and oxygen atoms in total. The second-order valence-electron chi connectivity index (χ2n) is 9.23. The summed E-state index contributed by atoms with van der Waals surface area (Å²) in [6.07, 6.45) is 11.5. The molecule has 0 spiro atoms. The molecular formula is C24H38N2O5. The minimum absolute atomic E-state index is 0.100. The van der Waals surface area contributed by atoms with Crippen LogP contribution in [0, 0.1) is 23.7 Å². The van der Waals surface area contributed by atoms with Gasteiger partial charge in [-0.1, -0.05) is 38.3 Å². The second-order valence-corrected chi connectivity index (χ2v) is 9.23. The standard InChI is InChI=1S/C24H38N2O5/c1-3-31-24(30)19-16(2)12-13-18-20(19)23(29)26(14-8-5-9-15-27)21(18)22(28)25-17-10-6-4-7-11-17/h12-13,16-21,27H,3-11,14-15H2,1-2H3,(H,25,28)/t16-,18+,19-,20-,21+/m1/s1. The Morgan fingerprint density at radius 1 is 1.16 bits per heavy atom. The van der Waals surface area contributed by atoms with Gasteiger partial charge < -0.3 is 20.1 Å². The quantitative estimate of drug-likeness (QED) is 0.330. The van der Waals surface area contributed by atoms with Gasteiger partial charge in [0.1, 0.15) is 6.04 Å². The Balaban J connectivity index is 1.83. The third-order valence-electron chi connectivity index (χ3n) is 7.11. The van der Waals surface area contributed by atoms with E-state index in [9.17, 15) is 14.4 Å². The predicted octanol–water partition coefficient (Wildman–Crippen LogP) is 2.43. The molecule has 2 fully saturated rings. The summed E-state index contributed by atoms with van der Waals surface area (Å²) in [5, 5.41) is 12.3. The first-order chi connectivity index (χ1) is 15.0. The van der Waals surface area contributed by atoms with Crippen molar-refractivity contribution in [2.45, 2.75) is 77.3 Å². The molecule has 31 heavy (non-hydrogen) atoms. The van der Waals surface area contributed by atoms with Gasteiger partial charge in [0.05, 0.1) is 18.4 Å². The Hall–Kier alpha value is -1.89. The number of allylic oxidation sites excluding steroid dienone is 1. The molecule has 1 saturated heterocycles. The molecule has 1 aliphatic heterocycles. The molecule has 2 aliphatic carbocycles. The number of nitrogens with zero attached hydrogens (tertiary/aromatic N) is 1. The number of hydrogen-bond donors (Lipinski definition) is 2. The zero-order chi connectivity index (χ0) is 22.4. The van der Waals surface area contributed by atoms with Gasteiger partial charge in [-0.3, -0.25) is 14.4 Å². The van der Waals surface area contributed by atoms with Crippen molar-refractivity contribution in [3.05, 3.63) is 12.2 Å². The first kappa shape index (κ1) is 23.8. The second kappa shape index (κ2) is 11.1. The third-order valence-corrected chi connectivity index (χ3v) is 7.11. The number of likely N-dealkylation sites (tertiary alicyclic amines) is 1. The van der Waals surface area contributed by atoms with Gasteiger partial charge in [0, 0.05) is 25.1 Å². The van der Waals surface area contributed by atoms with Crippen LogP contribution in [0.25, 0.3) is 0 Å². The fourth-order valence-corrected chi connectivity index (χ4v) is 5.54. The summed E-state index contributed by atoms with van der Waals surface area (Å²) in [5.41, 5.74) is 0. The van der Waals surface area contributed by atoms with Crippen molar-refractivity contribution in [1.29, 1.82) is 0 Å². The van der Waals surface area contributed by atoms with Gasteiger partial charge in [0.25, 0.3) is 0 Å². The van der Waals surface area contributed by atoms with E-state index in [1.807, 2.05) is 19.1 Å². The summed E-state index contributed by atoms with van der Waals surface area (Å²) in [6, 6.07) is -0.423. The number of nitrogens with one attached hydrogen (secondary N) is 1. The third kappa shape index (κ3) is 5.30. The average Bonchev–Trinajstić information content (AvgIpc) is 3.04. The lowest BCUT2D eigenvalue weighted by Gasteiger charge is -2.33. The van der Waals surface area contributed by atoms with E-state index in [1.54, 1.807) is 11.8 Å². The molecule has 0 aromatic carbocycles. The molecule has 3 aliphatic rings. The molecule has 0 aromatic heterocycles. The van der Waals surface area contributed by atoms with E-state index < -0.39 is 17.9 Å². The van der Waals surface area contributed by atoms with Crippen LogP contribution in [0.2, 0.25) is 0 Å². The van der Waals surface area contributed by atoms with Crippen molar-refractivity contribution in [2.75, 3.05) is 19.8 Å². The number of ether oxygens (including phenoxy) is 1. The summed E-state index contributed by atoms with van der Waals surface area (Å²) in [7, 11) is 0. The number of fused-ring (bicyclic) bond motifs is 1. The Bertz CT molecular complexity index is 673. The molecule has 2 N–H and O–H groups in total. The molecule has 0 aromatic rings. The zero-order valence-corrected chi connectivity index (χ0v) is 18.9. The molecule has 2 amide bonds. The molecule has 3 rings (SSSR count). The minimum atomic E-state index is -0.589. The van der Waals surface area contributed by atoms with Crippen LogP contribution in [0.15, 0.2) is 12.2 Å². The van der Waals surface area contributed by atoms with Gasteiger partial charge in [-0.25, -0.2) is 0 Å². The van der Waals surface area contributed by atoms with Crippen molar-refractivity contribution in [1.82, 2.24) is 10.2 Å². The number of carbonyl (C=O) groups is 3. The maximum absolute atomic E-state index is 13.5. The Kier molecular flexibility index (Phi) is 8.52. The molecule has 174 valence electrons. The van der Waals surface area contributed by atoms with E-state index in [0.717, 1.165) is 38.5 Å². The van der Waals surface area contributed by atoms with E-state index in [-0.39, 0.29) is 48.9 Å². The normalized spacial score (nSPS) is 30.9. The van der Waals surface area contributed by atoms with Gasteiger partial charge in [-0.2, -0.15) is 0 Å². The van der Waals surface area contributed by atoms with Crippen LogP contribution in [-0.4, -0.2) is 59.6 Å². The van der Waals surface area contributed by atoms with Crippen molar-refractivity contribution < 1.29 is 24.2 Å². The van der Waals surface area contributed by atoms with E-state index in [0.29, 0.717) is 13.0 Å². The van der Waals surface area contributed by atoms with Crippen molar-refractivity contribution in [3.8, 4) is 0 Å². The van der Waals surface area contributed by atoms with Gasteiger partial charge in [-0.05, 0) is 44.9 Å². The van der Waals surface area contributed by atoms with Crippen LogP contribution in [-0.2, 0) is 19.1 Å². The highest BCUT2D eigenvalue weighted by Crippen LogP contribution is 2.44. The van der Waals surface area contributed by atoms with Crippen molar-refractivity contribution in [3.63, 3.8) is 0 Å². The molecule has 1 saturated carbocycles. The lowest BCUT2D eigenvalue weighted by atomic mass is 9.70. The SMILES string of the molecule is CCOC(=O)[C@H]1[C@@H]2C(=O)N(CCCCCO)[C@H](C(=O)NC3CCCCC3)[C@H]2C=C[C@H]1C. The fourth-order valence-electron chi connectivity index (χ4n) is 5.54. The molecule has 0 unspecified atom stereocenters. The van der Waals surface area contributed by atoms with E-state index in [2.05, 4.69) is 5.32 Å². The lowest BCUT2D eigenvalue weighted by molar-refractivity contribution is -0.155. The largest absolute Gasteiger partial charge is 0.466 e. The number of esters is 1. The maximum atomic E-state index is 13.5. The van der Waals surface area contributed by atoms with Crippen LogP contribution in [0.3, 0.4) is 0 Å². The van der Waals surface area contributed by atoms with E-state index >= 15 is 0 Å². The molecule has 7 heteroatoms. The highest BCUT2D eigenvalue weighted by molar-refractivity contribution is 5.96. The summed E-state index contributed by atoms with van der Waals surface area (Å²) in [6.45, 7) is 4.56. The number of carbonyl (C=O) groups excluding carboxylic acids is 3. The summed E-state index contributed by atoms with van der Waals surface area (Å²) in [4.78, 5) is 41.4. The number of aliphatic hydroxyl groups is 1. The van der Waals surface area contributed by atoms with Crippen LogP contribution in [0.5, 0.6) is 0 Å². The summed E-state index contributed by atoms with van der Waals surface area (Å²) >= 11 is 0. The Morgan fingerprint density at radius 2 is 1.90 bits per heavy atom. The topological polar surface area (TPSA) is 95.9 Å². The molecule has 1 heterocycles. The predicted molar refractivity (Wildman–Crippen MR) is 117 cm³/mol. The maximum Gasteiger partial charge on any atom is 0.310 e. The molecule has 0 bridgehead atoms. The lowest BCUT2D eigenvalue weighted by Crippen LogP contribution is -2.50. The van der Waals surface area contributed by atoms with Gasteiger partial charge in [0.2, 0.25) is 11.8 Å². The van der Waals surface area contributed by atoms with Crippen LogP contribution < -0.4 is 5.32 Å². The first-order valence-corrected chi connectivity index (χ1v) is 12.1. The van der Waals surface area contributed by atoms with E-state index in [4.69, 9.17) is 9.84 Å². The molecular weight excluding hydrogens is 396 g/mol.